The number of carbonyl (C=O) groups is 2. The number of amides is 2. The van der Waals surface area contributed by atoms with Crippen LogP contribution in [0, 0.1) is 5.92 Å². The zero-order valence-electron chi connectivity index (χ0n) is 8.91. The van der Waals surface area contributed by atoms with Crippen molar-refractivity contribution in [3.63, 3.8) is 0 Å². The fourth-order valence-electron chi connectivity index (χ4n) is 1.04. The van der Waals surface area contributed by atoms with Crippen LogP contribution in [0.15, 0.2) is 0 Å². The Labute approximate surface area is 84.1 Å². The van der Waals surface area contributed by atoms with Gasteiger partial charge in [0.25, 0.3) is 0 Å². The van der Waals surface area contributed by atoms with Gasteiger partial charge in [-0.1, -0.05) is 13.8 Å². The highest BCUT2D eigenvalue weighted by Gasteiger charge is 2.09. The van der Waals surface area contributed by atoms with E-state index in [2.05, 4.69) is 5.32 Å². The van der Waals surface area contributed by atoms with Gasteiger partial charge in [-0.3, -0.25) is 4.79 Å². The van der Waals surface area contributed by atoms with E-state index in [1.165, 1.54) is 0 Å². The van der Waals surface area contributed by atoms with Gasteiger partial charge < -0.3 is 15.3 Å². The average Bonchev–Trinajstić information content (AvgIpc) is 2.01. The monoisotopic (exact) mass is 202 g/mol. The van der Waals surface area contributed by atoms with Crippen molar-refractivity contribution in [1.29, 1.82) is 0 Å². The number of rotatable bonds is 5. The minimum atomic E-state index is -0.906. The molecule has 0 atom stereocenters. The molecule has 0 rings (SSSR count). The van der Waals surface area contributed by atoms with Crippen molar-refractivity contribution in [2.24, 2.45) is 5.92 Å². The summed E-state index contributed by atoms with van der Waals surface area (Å²) in [5, 5.41) is 10.9. The lowest BCUT2D eigenvalue weighted by atomic mass is 10.2. The molecule has 0 aliphatic rings. The summed E-state index contributed by atoms with van der Waals surface area (Å²) in [6, 6.07) is -0.222. The third-order valence-electron chi connectivity index (χ3n) is 1.60. The molecule has 0 aromatic rings. The van der Waals surface area contributed by atoms with Gasteiger partial charge in [0, 0.05) is 20.1 Å². The maximum absolute atomic E-state index is 11.3. The normalized spacial score (nSPS) is 10.0. The summed E-state index contributed by atoms with van der Waals surface area (Å²) in [4.78, 5) is 23.0. The Morgan fingerprint density at radius 2 is 2.00 bits per heavy atom. The SMILES string of the molecule is CC(C)CN(C)C(=O)NCCC(=O)O. The van der Waals surface area contributed by atoms with Crippen LogP contribution in [-0.4, -0.2) is 42.1 Å². The van der Waals surface area contributed by atoms with Crippen LogP contribution in [0.5, 0.6) is 0 Å². The molecule has 0 radical (unpaired) electrons. The summed E-state index contributed by atoms with van der Waals surface area (Å²) in [6.45, 7) is 4.87. The van der Waals surface area contributed by atoms with Crippen LogP contribution in [0.4, 0.5) is 4.79 Å². The van der Waals surface area contributed by atoms with Crippen molar-refractivity contribution in [2.45, 2.75) is 20.3 Å². The Balaban J connectivity index is 3.67. The third kappa shape index (κ3) is 6.28. The van der Waals surface area contributed by atoms with E-state index < -0.39 is 5.97 Å². The van der Waals surface area contributed by atoms with Crippen LogP contribution >= 0.6 is 0 Å². The van der Waals surface area contributed by atoms with Crippen LogP contribution < -0.4 is 5.32 Å². The van der Waals surface area contributed by atoms with E-state index in [0.29, 0.717) is 12.5 Å². The molecule has 5 heteroatoms. The van der Waals surface area contributed by atoms with E-state index >= 15 is 0 Å². The molecule has 82 valence electrons. The number of hydrogen-bond donors (Lipinski definition) is 2. The Hall–Kier alpha value is -1.26. The van der Waals surface area contributed by atoms with Gasteiger partial charge in [-0.2, -0.15) is 0 Å². The summed E-state index contributed by atoms with van der Waals surface area (Å²) in [7, 11) is 1.69. The van der Waals surface area contributed by atoms with Crippen LogP contribution in [0.3, 0.4) is 0 Å². The summed E-state index contributed by atoms with van der Waals surface area (Å²) < 4.78 is 0. The lowest BCUT2D eigenvalue weighted by Crippen LogP contribution is -2.39. The average molecular weight is 202 g/mol. The van der Waals surface area contributed by atoms with Crippen molar-refractivity contribution in [3.8, 4) is 0 Å². The number of hydrogen-bond acceptors (Lipinski definition) is 2. The van der Waals surface area contributed by atoms with Gasteiger partial charge in [0.15, 0.2) is 0 Å². The summed E-state index contributed by atoms with van der Waals surface area (Å²) >= 11 is 0. The second kappa shape index (κ2) is 6.23. The number of carbonyl (C=O) groups excluding carboxylic acids is 1. The van der Waals surface area contributed by atoms with Crippen molar-refractivity contribution in [1.82, 2.24) is 10.2 Å². The summed E-state index contributed by atoms with van der Waals surface area (Å²) in [6.07, 6.45) is -0.0404. The Morgan fingerprint density at radius 1 is 1.43 bits per heavy atom. The van der Waals surface area contributed by atoms with Crippen molar-refractivity contribution in [2.75, 3.05) is 20.1 Å². The van der Waals surface area contributed by atoms with Gasteiger partial charge in [0.1, 0.15) is 0 Å². The Kier molecular flexibility index (Phi) is 5.67. The fraction of sp³-hybridized carbons (Fsp3) is 0.778. The second-order valence-corrected chi connectivity index (χ2v) is 3.65. The minimum absolute atomic E-state index is 0.0404. The molecule has 2 N–H and O–H groups in total. The number of aliphatic carboxylic acids is 1. The highest BCUT2D eigenvalue weighted by atomic mass is 16.4. The maximum atomic E-state index is 11.3. The molecule has 0 heterocycles. The van der Waals surface area contributed by atoms with E-state index in [0.717, 1.165) is 0 Å². The third-order valence-corrected chi connectivity index (χ3v) is 1.60. The predicted molar refractivity (Wildman–Crippen MR) is 53.1 cm³/mol. The molecule has 0 saturated heterocycles. The second-order valence-electron chi connectivity index (χ2n) is 3.65. The lowest BCUT2D eigenvalue weighted by Gasteiger charge is -2.19. The largest absolute Gasteiger partial charge is 0.481 e. The molecule has 0 aromatic carbocycles. The highest BCUT2D eigenvalue weighted by Crippen LogP contribution is 1.95. The highest BCUT2D eigenvalue weighted by molar-refractivity contribution is 5.74. The van der Waals surface area contributed by atoms with Gasteiger partial charge in [0.05, 0.1) is 6.42 Å². The fourth-order valence-corrected chi connectivity index (χ4v) is 1.04. The minimum Gasteiger partial charge on any atom is -0.481 e. The molecule has 0 bridgehead atoms. The van der Waals surface area contributed by atoms with E-state index in [1.54, 1.807) is 11.9 Å². The number of urea groups is 1. The zero-order valence-corrected chi connectivity index (χ0v) is 8.91. The van der Waals surface area contributed by atoms with Crippen molar-refractivity contribution < 1.29 is 14.7 Å². The van der Waals surface area contributed by atoms with Crippen LogP contribution in [-0.2, 0) is 4.79 Å². The zero-order chi connectivity index (χ0) is 11.1. The van der Waals surface area contributed by atoms with E-state index in [1.807, 2.05) is 13.8 Å². The molecule has 0 saturated carbocycles. The first-order valence-electron chi connectivity index (χ1n) is 4.64. The number of carboxylic acids is 1. The number of carboxylic acid groups (broad SMARTS) is 1. The van der Waals surface area contributed by atoms with E-state index in [9.17, 15) is 9.59 Å². The smallest absolute Gasteiger partial charge is 0.317 e. The van der Waals surface area contributed by atoms with Crippen LogP contribution in [0.1, 0.15) is 20.3 Å². The summed E-state index contributed by atoms with van der Waals surface area (Å²) in [5.74, 6) is -0.498. The molecular weight excluding hydrogens is 184 g/mol. The number of nitrogens with one attached hydrogen (secondary N) is 1. The van der Waals surface area contributed by atoms with Gasteiger partial charge in [-0.15, -0.1) is 0 Å². The topological polar surface area (TPSA) is 69.6 Å². The van der Waals surface area contributed by atoms with E-state index in [-0.39, 0.29) is 19.0 Å². The van der Waals surface area contributed by atoms with Gasteiger partial charge in [-0.05, 0) is 5.92 Å². The van der Waals surface area contributed by atoms with E-state index in [4.69, 9.17) is 5.11 Å². The molecule has 0 unspecified atom stereocenters. The molecule has 0 fully saturated rings. The van der Waals surface area contributed by atoms with Crippen LogP contribution in [0.2, 0.25) is 0 Å². The Bertz CT molecular complexity index is 204. The van der Waals surface area contributed by atoms with Gasteiger partial charge in [0.2, 0.25) is 0 Å². The number of nitrogens with zero attached hydrogens (tertiary/aromatic N) is 1. The molecule has 0 aromatic heterocycles. The molecular formula is C9H18N2O3. The first-order chi connectivity index (χ1) is 6.43. The Morgan fingerprint density at radius 3 is 2.43 bits per heavy atom. The van der Waals surface area contributed by atoms with Gasteiger partial charge >= 0.3 is 12.0 Å². The molecule has 2 amide bonds. The standard InChI is InChI=1S/C9H18N2O3/c1-7(2)6-11(3)9(14)10-5-4-8(12)13/h7H,4-6H2,1-3H3,(H,10,14)(H,12,13). The molecule has 14 heavy (non-hydrogen) atoms. The predicted octanol–water partition coefficient (Wildman–Crippen LogP) is 0.758. The maximum Gasteiger partial charge on any atom is 0.317 e. The molecule has 0 spiro atoms. The molecule has 0 aliphatic carbocycles. The van der Waals surface area contributed by atoms with Crippen molar-refractivity contribution >= 4 is 12.0 Å². The van der Waals surface area contributed by atoms with Crippen molar-refractivity contribution in [3.05, 3.63) is 0 Å². The molecule has 0 aliphatic heterocycles. The first-order valence-corrected chi connectivity index (χ1v) is 4.64. The van der Waals surface area contributed by atoms with Crippen LogP contribution in [0.25, 0.3) is 0 Å². The molecule has 5 nitrogen and oxygen atoms in total. The van der Waals surface area contributed by atoms with Gasteiger partial charge in [-0.25, -0.2) is 4.79 Å². The first kappa shape index (κ1) is 12.7. The summed E-state index contributed by atoms with van der Waals surface area (Å²) in [5.41, 5.74) is 0. The lowest BCUT2D eigenvalue weighted by molar-refractivity contribution is -0.136. The quantitative estimate of drug-likeness (QED) is 0.691.